The predicted octanol–water partition coefficient (Wildman–Crippen LogP) is 4.81. The molecular weight excluding hydrogens is 364 g/mol. The molecule has 5 nitrogen and oxygen atoms in total. The summed E-state index contributed by atoms with van der Waals surface area (Å²) in [5.74, 6) is 1.41. The number of aryl methyl sites for hydroxylation is 1. The van der Waals surface area contributed by atoms with Gasteiger partial charge in [-0.1, -0.05) is 56.3 Å². The zero-order valence-corrected chi connectivity index (χ0v) is 17.2. The summed E-state index contributed by atoms with van der Waals surface area (Å²) in [4.78, 5) is 12.2. The Bertz CT molecular complexity index is 1040. The van der Waals surface area contributed by atoms with Gasteiger partial charge in [0.05, 0.1) is 13.3 Å². The third kappa shape index (κ3) is 4.93. The molecule has 3 aromatic carbocycles. The summed E-state index contributed by atoms with van der Waals surface area (Å²) in [6.45, 7) is 6.09. The van der Waals surface area contributed by atoms with Crippen LogP contribution in [-0.4, -0.2) is 25.8 Å². The molecule has 0 fully saturated rings. The summed E-state index contributed by atoms with van der Waals surface area (Å²) in [7, 11) is 1.61. The van der Waals surface area contributed by atoms with E-state index in [1.807, 2.05) is 61.5 Å². The van der Waals surface area contributed by atoms with Crippen LogP contribution in [0, 0.1) is 6.92 Å². The lowest BCUT2D eigenvalue weighted by molar-refractivity contribution is -0.123. The molecule has 0 radical (unpaired) electrons. The van der Waals surface area contributed by atoms with E-state index in [2.05, 4.69) is 24.4 Å². The minimum atomic E-state index is -0.323. The third-order valence-corrected chi connectivity index (χ3v) is 4.68. The van der Waals surface area contributed by atoms with E-state index in [0.717, 1.165) is 33.2 Å². The highest BCUT2D eigenvalue weighted by Crippen LogP contribution is 2.28. The van der Waals surface area contributed by atoms with Crippen molar-refractivity contribution >= 4 is 22.9 Å². The zero-order valence-electron chi connectivity index (χ0n) is 17.2. The highest BCUT2D eigenvalue weighted by molar-refractivity contribution is 6.02. The minimum absolute atomic E-state index is 0.104. The Balaban J connectivity index is 1.68. The molecule has 0 aliphatic rings. The molecule has 1 amide bonds. The molecule has 5 heteroatoms. The van der Waals surface area contributed by atoms with Gasteiger partial charge < -0.3 is 9.47 Å². The summed E-state index contributed by atoms with van der Waals surface area (Å²) in [6.07, 6.45) is 1.60. The maximum absolute atomic E-state index is 12.2. The molecule has 0 spiro atoms. The van der Waals surface area contributed by atoms with Crippen LogP contribution in [-0.2, 0) is 4.79 Å². The Morgan fingerprint density at radius 1 is 1.10 bits per heavy atom. The van der Waals surface area contributed by atoms with Crippen molar-refractivity contribution < 1.29 is 14.3 Å². The molecule has 0 saturated carbocycles. The van der Waals surface area contributed by atoms with Crippen LogP contribution in [0.5, 0.6) is 11.5 Å². The molecule has 0 heterocycles. The summed E-state index contributed by atoms with van der Waals surface area (Å²) in [5, 5.41) is 6.18. The monoisotopic (exact) mass is 390 g/mol. The normalized spacial score (nSPS) is 11.2. The van der Waals surface area contributed by atoms with Crippen LogP contribution in [0.3, 0.4) is 0 Å². The van der Waals surface area contributed by atoms with E-state index in [-0.39, 0.29) is 12.5 Å². The SMILES string of the molecule is COc1ccc2ccccc2c1C=NNC(=O)COc1cc(C)ccc1C(C)C. The van der Waals surface area contributed by atoms with Gasteiger partial charge in [-0.2, -0.15) is 5.10 Å². The highest BCUT2D eigenvalue weighted by Gasteiger charge is 2.10. The van der Waals surface area contributed by atoms with Crippen molar-refractivity contribution in [2.45, 2.75) is 26.7 Å². The Hall–Kier alpha value is -3.34. The van der Waals surface area contributed by atoms with Crippen molar-refractivity contribution in [2.75, 3.05) is 13.7 Å². The molecule has 0 atom stereocenters. The van der Waals surface area contributed by atoms with E-state index in [1.54, 1.807) is 13.3 Å². The first-order chi connectivity index (χ1) is 14.0. The fraction of sp³-hybridized carbons (Fsp3) is 0.250. The number of hydrazone groups is 1. The molecule has 3 aromatic rings. The number of nitrogens with zero attached hydrogens (tertiary/aromatic N) is 1. The van der Waals surface area contributed by atoms with Crippen LogP contribution in [0.25, 0.3) is 10.8 Å². The Labute approximate surface area is 171 Å². The molecule has 0 saturated heterocycles. The fourth-order valence-electron chi connectivity index (χ4n) is 3.17. The van der Waals surface area contributed by atoms with E-state index < -0.39 is 0 Å². The lowest BCUT2D eigenvalue weighted by Crippen LogP contribution is -2.25. The van der Waals surface area contributed by atoms with Gasteiger partial charge in [0.25, 0.3) is 5.91 Å². The third-order valence-electron chi connectivity index (χ3n) is 4.68. The predicted molar refractivity (Wildman–Crippen MR) is 117 cm³/mol. The van der Waals surface area contributed by atoms with Crippen molar-refractivity contribution in [3.8, 4) is 11.5 Å². The molecule has 1 N–H and O–H groups in total. The van der Waals surface area contributed by atoms with E-state index in [1.165, 1.54) is 0 Å². The standard InChI is InChI=1S/C24H26N2O3/c1-16(2)19-11-9-17(3)13-23(19)29-15-24(27)26-25-14-21-20-8-6-5-7-18(20)10-12-22(21)28-4/h5-14,16H,15H2,1-4H3,(H,26,27). The highest BCUT2D eigenvalue weighted by atomic mass is 16.5. The number of hydrogen-bond donors (Lipinski definition) is 1. The molecule has 29 heavy (non-hydrogen) atoms. The fourth-order valence-corrected chi connectivity index (χ4v) is 3.17. The second-order valence-corrected chi connectivity index (χ2v) is 7.18. The summed E-state index contributed by atoms with van der Waals surface area (Å²) >= 11 is 0. The first-order valence-corrected chi connectivity index (χ1v) is 9.60. The second-order valence-electron chi connectivity index (χ2n) is 7.18. The van der Waals surface area contributed by atoms with Gasteiger partial charge in [0.2, 0.25) is 0 Å². The van der Waals surface area contributed by atoms with E-state index in [0.29, 0.717) is 11.7 Å². The van der Waals surface area contributed by atoms with E-state index in [4.69, 9.17) is 9.47 Å². The van der Waals surface area contributed by atoms with Gasteiger partial charge in [-0.15, -0.1) is 0 Å². The number of carbonyl (C=O) groups is 1. The van der Waals surface area contributed by atoms with Crippen LogP contribution in [0.15, 0.2) is 59.7 Å². The Kier molecular flexibility index (Phi) is 6.50. The zero-order chi connectivity index (χ0) is 20.8. The van der Waals surface area contributed by atoms with Crippen LogP contribution in [0.4, 0.5) is 0 Å². The van der Waals surface area contributed by atoms with Crippen molar-refractivity contribution in [1.29, 1.82) is 0 Å². The number of fused-ring (bicyclic) bond motifs is 1. The van der Waals surface area contributed by atoms with E-state index in [9.17, 15) is 4.79 Å². The lowest BCUT2D eigenvalue weighted by atomic mass is 10.0. The molecule has 0 aliphatic carbocycles. The van der Waals surface area contributed by atoms with Gasteiger partial charge >= 0.3 is 0 Å². The van der Waals surface area contributed by atoms with Gasteiger partial charge in [-0.25, -0.2) is 5.43 Å². The summed E-state index contributed by atoms with van der Waals surface area (Å²) in [6, 6.07) is 17.9. The van der Waals surface area contributed by atoms with Crippen LogP contribution in [0.2, 0.25) is 0 Å². The number of amides is 1. The maximum Gasteiger partial charge on any atom is 0.277 e. The number of benzene rings is 3. The van der Waals surface area contributed by atoms with Gasteiger partial charge in [-0.3, -0.25) is 4.79 Å². The molecule has 3 rings (SSSR count). The van der Waals surface area contributed by atoms with Crippen molar-refractivity contribution in [1.82, 2.24) is 5.43 Å². The number of rotatable bonds is 7. The molecule has 0 aromatic heterocycles. The van der Waals surface area contributed by atoms with Crippen molar-refractivity contribution in [3.05, 3.63) is 71.3 Å². The molecule has 150 valence electrons. The number of methoxy groups -OCH3 is 1. The Morgan fingerprint density at radius 2 is 1.90 bits per heavy atom. The van der Waals surface area contributed by atoms with Gasteiger partial charge in [0.15, 0.2) is 6.61 Å². The molecule has 0 aliphatic heterocycles. The number of nitrogens with one attached hydrogen (secondary N) is 1. The van der Waals surface area contributed by atoms with Crippen LogP contribution in [0.1, 0.15) is 36.5 Å². The number of hydrogen-bond acceptors (Lipinski definition) is 4. The van der Waals surface area contributed by atoms with Gasteiger partial charge in [0.1, 0.15) is 11.5 Å². The maximum atomic E-state index is 12.2. The largest absolute Gasteiger partial charge is 0.496 e. The average molecular weight is 390 g/mol. The van der Waals surface area contributed by atoms with Crippen molar-refractivity contribution in [2.24, 2.45) is 5.10 Å². The van der Waals surface area contributed by atoms with Crippen molar-refractivity contribution in [3.63, 3.8) is 0 Å². The summed E-state index contributed by atoms with van der Waals surface area (Å²) < 4.78 is 11.2. The quantitative estimate of drug-likeness (QED) is 0.465. The molecule has 0 bridgehead atoms. The smallest absolute Gasteiger partial charge is 0.277 e. The number of ether oxygens (including phenoxy) is 2. The average Bonchev–Trinajstić information content (AvgIpc) is 2.72. The second kappa shape index (κ2) is 9.24. The summed E-state index contributed by atoms with van der Waals surface area (Å²) in [5.41, 5.74) is 5.51. The van der Waals surface area contributed by atoms with Gasteiger partial charge in [0, 0.05) is 5.56 Å². The van der Waals surface area contributed by atoms with Gasteiger partial charge in [-0.05, 0) is 46.9 Å². The molecule has 0 unspecified atom stereocenters. The van der Waals surface area contributed by atoms with Crippen LogP contribution < -0.4 is 14.9 Å². The Morgan fingerprint density at radius 3 is 2.66 bits per heavy atom. The number of carbonyl (C=O) groups excluding carboxylic acids is 1. The van der Waals surface area contributed by atoms with E-state index >= 15 is 0 Å². The topological polar surface area (TPSA) is 59.9 Å². The van der Waals surface area contributed by atoms with Crippen LogP contribution >= 0.6 is 0 Å². The lowest BCUT2D eigenvalue weighted by Gasteiger charge is -2.14. The molecular formula is C24H26N2O3. The minimum Gasteiger partial charge on any atom is -0.496 e. The first kappa shape index (κ1) is 20.4. The first-order valence-electron chi connectivity index (χ1n) is 9.60.